The van der Waals surface area contributed by atoms with Gasteiger partial charge in [-0.2, -0.15) is 4.98 Å². The van der Waals surface area contributed by atoms with E-state index in [1.165, 1.54) is 27.3 Å². The van der Waals surface area contributed by atoms with Crippen LogP contribution in [0.1, 0.15) is 57.8 Å². The van der Waals surface area contributed by atoms with Crippen LogP contribution in [0.25, 0.3) is 11.4 Å². The summed E-state index contributed by atoms with van der Waals surface area (Å²) in [4.78, 5) is 52.3. The van der Waals surface area contributed by atoms with E-state index in [4.69, 9.17) is 10.6 Å². The lowest BCUT2D eigenvalue weighted by atomic mass is 9.89. The van der Waals surface area contributed by atoms with E-state index >= 15 is 0 Å². The number of anilines is 2. The second-order valence-electron chi connectivity index (χ2n) is 9.40. The number of ketones is 1. The van der Waals surface area contributed by atoms with E-state index in [0.29, 0.717) is 60.0 Å². The molecule has 12 heteroatoms. The minimum atomic E-state index is -0.436. The highest BCUT2D eigenvalue weighted by atomic mass is 16.7. The van der Waals surface area contributed by atoms with Gasteiger partial charge in [-0.05, 0) is 63.1 Å². The summed E-state index contributed by atoms with van der Waals surface area (Å²) < 4.78 is 0. The molecule has 1 aliphatic heterocycles. The van der Waals surface area contributed by atoms with Crippen molar-refractivity contribution in [2.45, 2.75) is 32.2 Å². The van der Waals surface area contributed by atoms with Crippen LogP contribution in [0.2, 0.25) is 0 Å². The SMILES string of the molecule is CON(C)C(=O)c1ccc(C(=O)NC2(C)CCN(c3nnc(-c4cc(C(C)=O)ccn4)c(N)n3)CC2)cc1. The molecule has 1 aromatic carbocycles. The number of nitrogens with zero attached hydrogens (tertiary/aromatic N) is 6. The number of Topliss-reactive ketones (excluding diaryl/α,β-unsaturated/α-hetero) is 1. The number of hydrogen-bond acceptors (Lipinski definition) is 10. The summed E-state index contributed by atoms with van der Waals surface area (Å²) in [5, 5.41) is 12.7. The first-order valence-electron chi connectivity index (χ1n) is 12.1. The second kappa shape index (κ2) is 10.9. The molecule has 38 heavy (non-hydrogen) atoms. The molecule has 0 aliphatic carbocycles. The zero-order valence-electron chi connectivity index (χ0n) is 21.8. The van der Waals surface area contributed by atoms with Gasteiger partial charge in [0.05, 0.1) is 12.8 Å². The van der Waals surface area contributed by atoms with Gasteiger partial charge < -0.3 is 16.0 Å². The Bertz CT molecular complexity index is 1350. The molecule has 3 heterocycles. The summed E-state index contributed by atoms with van der Waals surface area (Å²) in [6, 6.07) is 9.68. The van der Waals surface area contributed by atoms with Crippen LogP contribution in [0, 0.1) is 0 Å². The average molecular weight is 519 g/mol. The maximum Gasteiger partial charge on any atom is 0.277 e. The Morgan fingerprint density at radius 2 is 1.71 bits per heavy atom. The molecule has 3 aromatic rings. The fourth-order valence-corrected chi connectivity index (χ4v) is 4.12. The Balaban J connectivity index is 1.38. The molecule has 2 aromatic heterocycles. The number of nitrogen functional groups attached to an aromatic ring is 1. The van der Waals surface area contributed by atoms with E-state index in [2.05, 4.69) is 25.5 Å². The molecule has 0 bridgehead atoms. The molecule has 3 N–H and O–H groups in total. The second-order valence-corrected chi connectivity index (χ2v) is 9.40. The number of pyridine rings is 1. The number of aromatic nitrogens is 4. The number of rotatable bonds is 7. The topological polar surface area (TPSA) is 157 Å². The molecule has 0 saturated carbocycles. The van der Waals surface area contributed by atoms with Crippen molar-refractivity contribution in [2.24, 2.45) is 0 Å². The summed E-state index contributed by atoms with van der Waals surface area (Å²) in [7, 11) is 2.93. The fraction of sp³-hybridized carbons (Fsp3) is 0.346. The molecule has 0 radical (unpaired) electrons. The first kappa shape index (κ1) is 26.6. The first-order valence-corrected chi connectivity index (χ1v) is 12.1. The first-order chi connectivity index (χ1) is 18.1. The van der Waals surface area contributed by atoms with Gasteiger partial charge in [0.25, 0.3) is 11.8 Å². The van der Waals surface area contributed by atoms with Crippen LogP contribution in [0.15, 0.2) is 42.6 Å². The number of amides is 2. The van der Waals surface area contributed by atoms with Crippen LogP contribution in [-0.2, 0) is 4.84 Å². The fourth-order valence-electron chi connectivity index (χ4n) is 4.12. The van der Waals surface area contributed by atoms with Crippen molar-refractivity contribution in [3.8, 4) is 11.4 Å². The number of benzene rings is 1. The van der Waals surface area contributed by atoms with Gasteiger partial charge in [0.1, 0.15) is 0 Å². The standard InChI is InChI=1S/C26H30N8O4/c1-16(35)19-9-12-28-20(15-19)21-22(27)29-25(32-31-21)34-13-10-26(2,11-14-34)30-23(36)17-5-7-18(8-6-17)24(37)33(3)38-4/h5-9,12,15H,10-11,13-14H2,1-4H3,(H,30,36)(H2,27,29,32). The molecule has 12 nitrogen and oxygen atoms in total. The molecule has 1 saturated heterocycles. The predicted octanol–water partition coefficient (Wildman–Crippen LogP) is 2.14. The van der Waals surface area contributed by atoms with Crippen molar-refractivity contribution in [3.05, 3.63) is 59.3 Å². The molecule has 4 rings (SSSR count). The van der Waals surface area contributed by atoms with E-state index in [1.807, 2.05) is 11.8 Å². The van der Waals surface area contributed by atoms with E-state index in [1.54, 1.807) is 36.4 Å². The predicted molar refractivity (Wildman–Crippen MR) is 140 cm³/mol. The Morgan fingerprint density at radius 1 is 1.05 bits per heavy atom. The largest absolute Gasteiger partial charge is 0.382 e. The number of piperidine rings is 1. The lowest BCUT2D eigenvalue weighted by Gasteiger charge is -2.39. The summed E-state index contributed by atoms with van der Waals surface area (Å²) in [5.74, 6) is -0.0424. The number of hydrogen-bond donors (Lipinski definition) is 2. The molecular weight excluding hydrogens is 488 g/mol. The van der Waals surface area contributed by atoms with Crippen molar-refractivity contribution in [1.82, 2.24) is 30.5 Å². The van der Waals surface area contributed by atoms with Crippen LogP contribution < -0.4 is 16.0 Å². The normalized spacial score (nSPS) is 14.6. The molecular formula is C26H30N8O4. The van der Waals surface area contributed by atoms with Crippen molar-refractivity contribution in [1.29, 1.82) is 0 Å². The van der Waals surface area contributed by atoms with Gasteiger partial charge in [-0.1, -0.05) is 0 Å². The Morgan fingerprint density at radius 3 is 2.32 bits per heavy atom. The third-order valence-electron chi connectivity index (χ3n) is 6.63. The van der Waals surface area contributed by atoms with Gasteiger partial charge in [-0.3, -0.25) is 24.2 Å². The highest BCUT2D eigenvalue weighted by Crippen LogP contribution is 2.27. The van der Waals surface area contributed by atoms with Gasteiger partial charge in [-0.15, -0.1) is 10.2 Å². The average Bonchev–Trinajstić information content (AvgIpc) is 2.92. The van der Waals surface area contributed by atoms with Crippen LogP contribution in [-0.4, -0.2) is 75.6 Å². The van der Waals surface area contributed by atoms with Gasteiger partial charge in [0.15, 0.2) is 17.3 Å². The summed E-state index contributed by atoms with van der Waals surface area (Å²) in [6.07, 6.45) is 2.83. The van der Waals surface area contributed by atoms with Crippen molar-refractivity contribution < 1.29 is 19.2 Å². The van der Waals surface area contributed by atoms with Crippen molar-refractivity contribution in [2.75, 3.05) is 37.9 Å². The molecule has 0 atom stereocenters. The monoisotopic (exact) mass is 518 g/mol. The molecule has 198 valence electrons. The van der Waals surface area contributed by atoms with Gasteiger partial charge >= 0.3 is 0 Å². The number of nitrogens with two attached hydrogens (primary N) is 1. The van der Waals surface area contributed by atoms with Crippen LogP contribution in [0.3, 0.4) is 0 Å². The number of carbonyl (C=O) groups excluding carboxylic acids is 3. The molecule has 2 amide bonds. The van der Waals surface area contributed by atoms with Crippen LogP contribution >= 0.6 is 0 Å². The highest BCUT2D eigenvalue weighted by molar-refractivity contribution is 5.97. The molecule has 0 unspecified atom stereocenters. The van der Waals surface area contributed by atoms with Crippen LogP contribution in [0.5, 0.6) is 0 Å². The zero-order chi connectivity index (χ0) is 27.4. The van der Waals surface area contributed by atoms with Crippen LogP contribution in [0.4, 0.5) is 11.8 Å². The lowest BCUT2D eigenvalue weighted by molar-refractivity contribution is -0.0757. The molecule has 0 spiro atoms. The summed E-state index contributed by atoms with van der Waals surface area (Å²) >= 11 is 0. The number of hydroxylamine groups is 2. The zero-order valence-corrected chi connectivity index (χ0v) is 21.8. The Kier molecular flexibility index (Phi) is 7.62. The number of carbonyl (C=O) groups is 3. The third-order valence-corrected chi connectivity index (χ3v) is 6.63. The Labute approximate surface area is 220 Å². The molecule has 1 aliphatic rings. The lowest BCUT2D eigenvalue weighted by Crippen LogP contribution is -2.53. The summed E-state index contributed by atoms with van der Waals surface area (Å²) in [6.45, 7) is 4.65. The maximum atomic E-state index is 12.9. The minimum absolute atomic E-state index is 0.0877. The van der Waals surface area contributed by atoms with Gasteiger partial charge in [-0.25, -0.2) is 5.06 Å². The summed E-state index contributed by atoms with van der Waals surface area (Å²) in [5.41, 5.74) is 7.86. The van der Waals surface area contributed by atoms with Crippen molar-refractivity contribution in [3.63, 3.8) is 0 Å². The Hall–Kier alpha value is -4.45. The maximum absolute atomic E-state index is 12.9. The van der Waals surface area contributed by atoms with Gasteiger partial charge in [0, 0.05) is 48.6 Å². The minimum Gasteiger partial charge on any atom is -0.382 e. The van der Waals surface area contributed by atoms with Gasteiger partial charge in [0.2, 0.25) is 5.95 Å². The quantitative estimate of drug-likeness (QED) is 0.351. The smallest absolute Gasteiger partial charge is 0.277 e. The molecule has 1 fully saturated rings. The van der Waals surface area contributed by atoms with E-state index in [-0.39, 0.29) is 23.4 Å². The van der Waals surface area contributed by atoms with E-state index < -0.39 is 5.54 Å². The number of nitrogens with one attached hydrogen (secondary N) is 1. The van der Waals surface area contributed by atoms with Crippen molar-refractivity contribution >= 4 is 29.4 Å². The highest BCUT2D eigenvalue weighted by Gasteiger charge is 2.33. The third kappa shape index (κ3) is 5.75. The van der Waals surface area contributed by atoms with E-state index in [0.717, 1.165) is 5.06 Å². The van der Waals surface area contributed by atoms with E-state index in [9.17, 15) is 14.4 Å².